The molecule has 3 heteroatoms. The molecule has 106 valence electrons. The summed E-state index contributed by atoms with van der Waals surface area (Å²) in [5, 5.41) is 8.75. The zero-order valence-electron chi connectivity index (χ0n) is 12.4. The first-order chi connectivity index (χ1) is 8.88. The number of rotatable bonds is 7. The smallest absolute Gasteiger partial charge is 0.303 e. The molecule has 0 amide bonds. The Kier molecular flexibility index (Phi) is 6.03. The van der Waals surface area contributed by atoms with Crippen molar-refractivity contribution in [1.29, 1.82) is 0 Å². The van der Waals surface area contributed by atoms with Gasteiger partial charge in [0.1, 0.15) is 0 Å². The lowest BCUT2D eigenvalue weighted by Crippen LogP contribution is -2.25. The van der Waals surface area contributed by atoms with Crippen molar-refractivity contribution in [3.63, 3.8) is 0 Å². The molecule has 0 bridgehead atoms. The molecular formula is C16H25NO2. The summed E-state index contributed by atoms with van der Waals surface area (Å²) in [6.45, 7) is 8.02. The van der Waals surface area contributed by atoms with Gasteiger partial charge in [0, 0.05) is 19.5 Å². The van der Waals surface area contributed by atoms with Crippen LogP contribution in [-0.4, -0.2) is 29.6 Å². The second-order valence-corrected chi connectivity index (χ2v) is 5.80. The van der Waals surface area contributed by atoms with Gasteiger partial charge in [0.15, 0.2) is 0 Å². The maximum absolute atomic E-state index is 10.6. The first kappa shape index (κ1) is 15.7. The normalized spacial score (nSPS) is 12.9. The topological polar surface area (TPSA) is 40.5 Å². The van der Waals surface area contributed by atoms with Crippen LogP contribution in [0.5, 0.6) is 0 Å². The standard InChI is InChI=1S/C16H25NO2/c1-12(2)15-7-5-14(6-8-15)11-17(4)10-13(3)9-16(18)19/h5-8,12-13H,9-11H2,1-4H3,(H,18,19). The lowest BCUT2D eigenvalue weighted by atomic mass is 10.0. The Morgan fingerprint density at radius 2 is 1.79 bits per heavy atom. The molecule has 0 heterocycles. The molecule has 0 spiro atoms. The summed E-state index contributed by atoms with van der Waals surface area (Å²) in [5.41, 5.74) is 2.63. The summed E-state index contributed by atoms with van der Waals surface area (Å²) in [5.74, 6) is 0.0157. The zero-order valence-corrected chi connectivity index (χ0v) is 12.4. The van der Waals surface area contributed by atoms with Crippen LogP contribution in [0.2, 0.25) is 0 Å². The average molecular weight is 263 g/mol. The number of aliphatic carboxylic acids is 1. The summed E-state index contributed by atoms with van der Waals surface area (Å²) in [6.07, 6.45) is 0.233. The Labute approximate surface area is 116 Å². The van der Waals surface area contributed by atoms with Crippen LogP contribution in [0.4, 0.5) is 0 Å². The van der Waals surface area contributed by atoms with Gasteiger partial charge in [-0.1, -0.05) is 45.0 Å². The van der Waals surface area contributed by atoms with E-state index in [9.17, 15) is 4.79 Å². The zero-order chi connectivity index (χ0) is 14.4. The van der Waals surface area contributed by atoms with Gasteiger partial charge in [-0.2, -0.15) is 0 Å². The lowest BCUT2D eigenvalue weighted by molar-refractivity contribution is -0.138. The Morgan fingerprint density at radius 3 is 2.26 bits per heavy atom. The SMILES string of the molecule is CC(CC(=O)O)CN(C)Cc1ccc(C(C)C)cc1. The monoisotopic (exact) mass is 263 g/mol. The molecule has 19 heavy (non-hydrogen) atoms. The van der Waals surface area contributed by atoms with Crippen molar-refractivity contribution < 1.29 is 9.90 Å². The molecule has 0 aliphatic rings. The highest BCUT2D eigenvalue weighted by atomic mass is 16.4. The van der Waals surface area contributed by atoms with Gasteiger partial charge in [0.25, 0.3) is 0 Å². The van der Waals surface area contributed by atoms with Crippen molar-refractivity contribution in [2.75, 3.05) is 13.6 Å². The van der Waals surface area contributed by atoms with Gasteiger partial charge < -0.3 is 10.0 Å². The molecule has 1 aromatic rings. The first-order valence-corrected chi connectivity index (χ1v) is 6.87. The van der Waals surface area contributed by atoms with Crippen LogP contribution in [-0.2, 0) is 11.3 Å². The molecule has 1 N–H and O–H groups in total. The van der Waals surface area contributed by atoms with E-state index in [1.165, 1.54) is 11.1 Å². The van der Waals surface area contributed by atoms with E-state index in [1.54, 1.807) is 0 Å². The van der Waals surface area contributed by atoms with E-state index in [0.717, 1.165) is 13.1 Å². The molecule has 1 aromatic carbocycles. The van der Waals surface area contributed by atoms with Crippen molar-refractivity contribution in [2.45, 2.75) is 39.7 Å². The molecule has 0 aliphatic carbocycles. The van der Waals surface area contributed by atoms with Gasteiger partial charge >= 0.3 is 5.97 Å². The van der Waals surface area contributed by atoms with Crippen molar-refractivity contribution in [1.82, 2.24) is 4.90 Å². The van der Waals surface area contributed by atoms with Crippen molar-refractivity contribution >= 4 is 5.97 Å². The number of carboxylic acids is 1. The van der Waals surface area contributed by atoms with Gasteiger partial charge in [-0.15, -0.1) is 0 Å². The average Bonchev–Trinajstić information content (AvgIpc) is 2.27. The Morgan fingerprint density at radius 1 is 1.21 bits per heavy atom. The number of carbonyl (C=O) groups is 1. The quantitative estimate of drug-likeness (QED) is 0.820. The van der Waals surface area contributed by atoms with Crippen molar-refractivity contribution in [3.05, 3.63) is 35.4 Å². The summed E-state index contributed by atoms with van der Waals surface area (Å²) < 4.78 is 0. The predicted molar refractivity (Wildman–Crippen MR) is 78.3 cm³/mol. The summed E-state index contributed by atoms with van der Waals surface area (Å²) in [7, 11) is 2.04. The number of hydrogen-bond donors (Lipinski definition) is 1. The Hall–Kier alpha value is -1.35. The molecule has 3 nitrogen and oxygen atoms in total. The Bertz CT molecular complexity index is 398. The van der Waals surface area contributed by atoms with Gasteiger partial charge in [0.05, 0.1) is 0 Å². The largest absolute Gasteiger partial charge is 0.481 e. The van der Waals surface area contributed by atoms with Crippen LogP contribution < -0.4 is 0 Å². The first-order valence-electron chi connectivity index (χ1n) is 6.87. The molecular weight excluding hydrogens is 238 g/mol. The summed E-state index contributed by atoms with van der Waals surface area (Å²) in [6, 6.07) is 8.67. The number of nitrogens with zero attached hydrogens (tertiary/aromatic N) is 1. The fourth-order valence-corrected chi connectivity index (χ4v) is 2.28. The summed E-state index contributed by atoms with van der Waals surface area (Å²) >= 11 is 0. The van der Waals surface area contributed by atoms with E-state index in [-0.39, 0.29) is 12.3 Å². The van der Waals surface area contributed by atoms with Crippen LogP contribution in [0.25, 0.3) is 0 Å². The van der Waals surface area contributed by atoms with Crippen LogP contribution in [0, 0.1) is 5.92 Å². The minimum atomic E-state index is -0.720. The minimum absolute atomic E-state index is 0.178. The second kappa shape index (κ2) is 7.29. The van der Waals surface area contributed by atoms with E-state index in [0.29, 0.717) is 5.92 Å². The highest BCUT2D eigenvalue weighted by molar-refractivity contribution is 5.66. The lowest BCUT2D eigenvalue weighted by Gasteiger charge is -2.20. The molecule has 0 aromatic heterocycles. The van der Waals surface area contributed by atoms with E-state index < -0.39 is 5.97 Å². The fraction of sp³-hybridized carbons (Fsp3) is 0.562. The number of hydrogen-bond acceptors (Lipinski definition) is 2. The molecule has 0 aliphatic heterocycles. The molecule has 0 radical (unpaired) electrons. The van der Waals surface area contributed by atoms with Gasteiger partial charge in [-0.05, 0) is 30.0 Å². The van der Waals surface area contributed by atoms with Crippen LogP contribution >= 0.6 is 0 Å². The molecule has 1 rings (SSSR count). The fourth-order valence-electron chi connectivity index (χ4n) is 2.28. The van der Waals surface area contributed by atoms with Crippen LogP contribution in [0.3, 0.4) is 0 Å². The Balaban J connectivity index is 2.47. The van der Waals surface area contributed by atoms with Crippen LogP contribution in [0.15, 0.2) is 24.3 Å². The maximum atomic E-state index is 10.6. The molecule has 0 saturated heterocycles. The van der Waals surface area contributed by atoms with Gasteiger partial charge in [-0.25, -0.2) is 0 Å². The molecule has 0 fully saturated rings. The third-order valence-electron chi connectivity index (χ3n) is 3.25. The number of benzene rings is 1. The van der Waals surface area contributed by atoms with Gasteiger partial charge in [0.2, 0.25) is 0 Å². The molecule has 1 unspecified atom stereocenters. The van der Waals surface area contributed by atoms with E-state index in [1.807, 2.05) is 14.0 Å². The predicted octanol–water partition coefficient (Wildman–Crippen LogP) is 3.35. The highest BCUT2D eigenvalue weighted by Gasteiger charge is 2.10. The van der Waals surface area contributed by atoms with Crippen molar-refractivity contribution in [2.24, 2.45) is 5.92 Å². The number of carboxylic acid groups (broad SMARTS) is 1. The molecule has 1 atom stereocenters. The second-order valence-electron chi connectivity index (χ2n) is 5.80. The van der Waals surface area contributed by atoms with E-state index in [4.69, 9.17) is 5.11 Å². The molecule has 0 saturated carbocycles. The minimum Gasteiger partial charge on any atom is -0.481 e. The third kappa shape index (κ3) is 5.88. The third-order valence-corrected chi connectivity index (χ3v) is 3.25. The summed E-state index contributed by atoms with van der Waals surface area (Å²) in [4.78, 5) is 12.8. The van der Waals surface area contributed by atoms with E-state index in [2.05, 4.69) is 43.0 Å². The van der Waals surface area contributed by atoms with Gasteiger partial charge in [-0.3, -0.25) is 4.79 Å². The van der Waals surface area contributed by atoms with E-state index >= 15 is 0 Å². The van der Waals surface area contributed by atoms with Crippen LogP contribution in [0.1, 0.15) is 44.2 Å². The highest BCUT2D eigenvalue weighted by Crippen LogP contribution is 2.16. The maximum Gasteiger partial charge on any atom is 0.303 e. The van der Waals surface area contributed by atoms with Crippen molar-refractivity contribution in [3.8, 4) is 0 Å².